The summed E-state index contributed by atoms with van der Waals surface area (Å²) in [5.41, 5.74) is 0. The lowest BCUT2D eigenvalue weighted by atomic mass is 9.67. The van der Waals surface area contributed by atoms with E-state index in [2.05, 4.69) is 35.5 Å². The summed E-state index contributed by atoms with van der Waals surface area (Å²) in [6.45, 7) is 9.75. The minimum absolute atomic E-state index is 0.866. The standard InChI is InChI=1S/C15H29B/c1-9(2)11(4)14-7-12(8-15(14)16)13-6-5-10(13)3/h9-15H,5-8,16H2,1-4H3. The van der Waals surface area contributed by atoms with Crippen LogP contribution in [-0.4, -0.2) is 7.85 Å². The molecule has 2 aliphatic carbocycles. The molecule has 0 amide bonds. The first-order valence-corrected chi connectivity index (χ1v) is 7.50. The number of rotatable bonds is 3. The Morgan fingerprint density at radius 1 is 1.06 bits per heavy atom. The zero-order chi connectivity index (χ0) is 11.9. The molecule has 16 heavy (non-hydrogen) atoms. The van der Waals surface area contributed by atoms with Crippen LogP contribution >= 0.6 is 0 Å². The first-order valence-electron chi connectivity index (χ1n) is 7.50. The minimum atomic E-state index is 0.866. The molecule has 0 aromatic rings. The van der Waals surface area contributed by atoms with Gasteiger partial charge in [-0.1, -0.05) is 46.4 Å². The summed E-state index contributed by atoms with van der Waals surface area (Å²) in [6, 6.07) is 0. The lowest BCUT2D eigenvalue weighted by Crippen LogP contribution is -2.29. The summed E-state index contributed by atoms with van der Waals surface area (Å²) in [7, 11) is 2.51. The summed E-state index contributed by atoms with van der Waals surface area (Å²) in [6.07, 6.45) is 6.09. The Kier molecular flexibility index (Phi) is 3.71. The fourth-order valence-corrected chi connectivity index (χ4v) is 4.30. The van der Waals surface area contributed by atoms with Gasteiger partial charge in [0.05, 0.1) is 0 Å². The average Bonchev–Trinajstić information content (AvgIpc) is 2.56. The van der Waals surface area contributed by atoms with Crippen molar-refractivity contribution in [3.63, 3.8) is 0 Å². The summed E-state index contributed by atoms with van der Waals surface area (Å²) in [5, 5.41) is 0. The molecule has 1 heteroatoms. The highest BCUT2D eigenvalue weighted by Crippen LogP contribution is 2.53. The Hall–Kier alpha value is 0.0649. The van der Waals surface area contributed by atoms with Crippen LogP contribution < -0.4 is 0 Å². The number of hydrogen-bond acceptors (Lipinski definition) is 0. The van der Waals surface area contributed by atoms with Crippen LogP contribution in [0.5, 0.6) is 0 Å². The largest absolute Gasteiger partial charge is 0.105 e. The summed E-state index contributed by atoms with van der Waals surface area (Å²) in [4.78, 5) is 0. The molecule has 6 unspecified atom stereocenters. The third-order valence-electron chi connectivity index (χ3n) is 6.00. The van der Waals surface area contributed by atoms with Crippen LogP contribution in [0.2, 0.25) is 5.82 Å². The minimum Gasteiger partial charge on any atom is -0.0664 e. The maximum atomic E-state index is 2.51. The van der Waals surface area contributed by atoms with Gasteiger partial charge in [-0.15, -0.1) is 0 Å². The van der Waals surface area contributed by atoms with Crippen LogP contribution in [0.25, 0.3) is 0 Å². The van der Waals surface area contributed by atoms with E-state index in [1.807, 2.05) is 0 Å². The zero-order valence-electron chi connectivity index (χ0n) is 11.9. The fraction of sp³-hybridized carbons (Fsp3) is 1.00. The van der Waals surface area contributed by atoms with E-state index in [9.17, 15) is 0 Å². The predicted molar refractivity (Wildman–Crippen MR) is 74.4 cm³/mol. The molecule has 0 saturated heterocycles. The Morgan fingerprint density at radius 2 is 1.75 bits per heavy atom. The molecule has 0 aliphatic heterocycles. The molecule has 2 fully saturated rings. The van der Waals surface area contributed by atoms with E-state index in [0.717, 1.165) is 41.3 Å². The van der Waals surface area contributed by atoms with E-state index >= 15 is 0 Å². The zero-order valence-corrected chi connectivity index (χ0v) is 11.9. The van der Waals surface area contributed by atoms with Crippen molar-refractivity contribution in [3.05, 3.63) is 0 Å². The molecule has 0 aromatic carbocycles. The van der Waals surface area contributed by atoms with Gasteiger partial charge in [-0.05, 0) is 48.3 Å². The second-order valence-electron chi connectivity index (χ2n) is 7.19. The first-order chi connectivity index (χ1) is 7.50. The molecule has 2 saturated carbocycles. The molecule has 92 valence electrons. The lowest BCUT2D eigenvalue weighted by molar-refractivity contribution is 0.115. The van der Waals surface area contributed by atoms with E-state index in [0.29, 0.717) is 0 Å². The predicted octanol–water partition coefficient (Wildman–Crippen LogP) is 3.77. The lowest BCUT2D eigenvalue weighted by Gasteiger charge is -2.39. The molecular formula is C15H29B. The maximum Gasteiger partial charge on any atom is 0.105 e. The van der Waals surface area contributed by atoms with Gasteiger partial charge >= 0.3 is 0 Å². The highest BCUT2D eigenvalue weighted by atomic mass is 14.5. The van der Waals surface area contributed by atoms with Gasteiger partial charge in [-0.25, -0.2) is 0 Å². The molecule has 0 spiro atoms. The van der Waals surface area contributed by atoms with E-state index in [-0.39, 0.29) is 0 Å². The van der Waals surface area contributed by atoms with Gasteiger partial charge in [0, 0.05) is 0 Å². The van der Waals surface area contributed by atoms with E-state index < -0.39 is 0 Å². The van der Waals surface area contributed by atoms with Crippen LogP contribution in [0.15, 0.2) is 0 Å². The molecule has 0 bridgehead atoms. The van der Waals surface area contributed by atoms with Crippen LogP contribution in [0.1, 0.15) is 53.4 Å². The normalized spacial score (nSPS) is 45.7. The average molecular weight is 220 g/mol. The van der Waals surface area contributed by atoms with Crippen LogP contribution in [0.4, 0.5) is 0 Å². The summed E-state index contributed by atoms with van der Waals surface area (Å²) >= 11 is 0. The van der Waals surface area contributed by atoms with Crippen LogP contribution in [0, 0.1) is 35.5 Å². The summed E-state index contributed by atoms with van der Waals surface area (Å²) in [5.74, 6) is 6.98. The van der Waals surface area contributed by atoms with Crippen molar-refractivity contribution in [3.8, 4) is 0 Å². The van der Waals surface area contributed by atoms with Gasteiger partial charge in [0.1, 0.15) is 7.85 Å². The molecule has 2 rings (SSSR count). The van der Waals surface area contributed by atoms with Gasteiger partial charge in [0.2, 0.25) is 0 Å². The fourth-order valence-electron chi connectivity index (χ4n) is 4.30. The van der Waals surface area contributed by atoms with Crippen LogP contribution in [-0.2, 0) is 0 Å². The Bertz CT molecular complexity index is 236. The Labute approximate surface area is 103 Å². The highest BCUT2D eigenvalue weighted by molar-refractivity contribution is 6.12. The third-order valence-corrected chi connectivity index (χ3v) is 6.00. The van der Waals surface area contributed by atoms with Gasteiger partial charge in [0.15, 0.2) is 0 Å². The maximum absolute atomic E-state index is 2.51. The highest BCUT2D eigenvalue weighted by Gasteiger charge is 2.42. The van der Waals surface area contributed by atoms with Crippen molar-refractivity contribution in [2.45, 2.75) is 59.2 Å². The number of hydrogen-bond donors (Lipinski definition) is 0. The summed E-state index contributed by atoms with van der Waals surface area (Å²) < 4.78 is 0. The van der Waals surface area contributed by atoms with Gasteiger partial charge in [-0.2, -0.15) is 0 Å². The van der Waals surface area contributed by atoms with Crippen molar-refractivity contribution in [1.82, 2.24) is 0 Å². The molecule has 0 nitrogen and oxygen atoms in total. The third kappa shape index (κ3) is 2.20. The Balaban J connectivity index is 1.93. The topological polar surface area (TPSA) is 0 Å². The van der Waals surface area contributed by atoms with Gasteiger partial charge in [-0.3, -0.25) is 0 Å². The molecule has 0 aromatic heterocycles. The monoisotopic (exact) mass is 220 g/mol. The molecule has 0 N–H and O–H groups in total. The van der Waals surface area contributed by atoms with Crippen LogP contribution in [0.3, 0.4) is 0 Å². The molecule has 0 radical (unpaired) electrons. The second-order valence-corrected chi connectivity index (χ2v) is 7.19. The van der Waals surface area contributed by atoms with Crippen molar-refractivity contribution < 1.29 is 0 Å². The smallest absolute Gasteiger partial charge is 0.0664 e. The molecule has 0 heterocycles. The van der Waals surface area contributed by atoms with Crippen molar-refractivity contribution in [2.24, 2.45) is 35.5 Å². The van der Waals surface area contributed by atoms with E-state index in [4.69, 9.17) is 0 Å². The first kappa shape index (κ1) is 12.5. The molecular weight excluding hydrogens is 191 g/mol. The Morgan fingerprint density at radius 3 is 2.19 bits per heavy atom. The van der Waals surface area contributed by atoms with Crippen molar-refractivity contribution >= 4 is 7.85 Å². The molecule has 2 aliphatic rings. The van der Waals surface area contributed by atoms with Gasteiger partial charge in [0.25, 0.3) is 0 Å². The van der Waals surface area contributed by atoms with E-state index in [1.165, 1.54) is 25.7 Å². The second kappa shape index (κ2) is 4.74. The van der Waals surface area contributed by atoms with Gasteiger partial charge < -0.3 is 0 Å². The quantitative estimate of drug-likeness (QED) is 0.635. The van der Waals surface area contributed by atoms with Crippen molar-refractivity contribution in [2.75, 3.05) is 0 Å². The van der Waals surface area contributed by atoms with E-state index in [1.54, 1.807) is 0 Å². The SMILES string of the molecule is BC1CC(C2CCC2C)CC1C(C)C(C)C. The molecule has 6 atom stereocenters. The van der Waals surface area contributed by atoms with Crippen molar-refractivity contribution in [1.29, 1.82) is 0 Å².